The van der Waals surface area contributed by atoms with Crippen LogP contribution >= 0.6 is 11.6 Å². The molecule has 1 aromatic heterocycles. The molecule has 2 aromatic rings. The van der Waals surface area contributed by atoms with Gasteiger partial charge in [0, 0.05) is 10.7 Å². The molecule has 2 N–H and O–H groups in total. The van der Waals surface area contributed by atoms with E-state index in [1.165, 1.54) is 0 Å². The molecule has 1 atom stereocenters. The molecule has 1 aromatic carbocycles. The summed E-state index contributed by atoms with van der Waals surface area (Å²) < 4.78 is 5.25. The minimum Gasteiger partial charge on any atom is -0.468 e. The van der Waals surface area contributed by atoms with Crippen LogP contribution in [0.25, 0.3) is 0 Å². The third kappa shape index (κ3) is 4.12. The van der Waals surface area contributed by atoms with Gasteiger partial charge in [-0.3, -0.25) is 10.1 Å². The van der Waals surface area contributed by atoms with Crippen LogP contribution in [0.3, 0.4) is 0 Å². The maximum atomic E-state index is 11.8. The van der Waals surface area contributed by atoms with Crippen LogP contribution in [0.4, 0.5) is 5.69 Å². The number of hydrogen-bond donors (Lipinski definition) is 2. The molecule has 0 aliphatic carbocycles. The van der Waals surface area contributed by atoms with Gasteiger partial charge in [-0.2, -0.15) is 0 Å². The standard InChI is InChI=1S/C14H15ClN2O2/c1-10(13-6-3-7-19-13)16-9-14(18)17-12-5-2-4-11(15)8-12/h2-8,10,16H,9H2,1H3,(H,17,18)/t10-/m0/s1. The molecule has 5 heteroatoms. The van der Waals surface area contributed by atoms with E-state index in [1.54, 1.807) is 30.5 Å². The van der Waals surface area contributed by atoms with Gasteiger partial charge in [-0.05, 0) is 37.3 Å². The van der Waals surface area contributed by atoms with Gasteiger partial charge in [0.25, 0.3) is 0 Å². The SMILES string of the molecule is C[C@H](NCC(=O)Nc1cccc(Cl)c1)c1ccco1. The van der Waals surface area contributed by atoms with Gasteiger partial charge in [0.1, 0.15) is 5.76 Å². The Morgan fingerprint density at radius 1 is 1.37 bits per heavy atom. The Labute approximate surface area is 116 Å². The molecule has 0 bridgehead atoms. The third-order valence-corrected chi connectivity index (χ3v) is 2.88. The summed E-state index contributed by atoms with van der Waals surface area (Å²) in [6, 6.07) is 10.7. The van der Waals surface area contributed by atoms with Crippen molar-refractivity contribution in [1.82, 2.24) is 5.32 Å². The number of rotatable bonds is 5. The Morgan fingerprint density at radius 3 is 2.89 bits per heavy atom. The number of amides is 1. The summed E-state index contributed by atoms with van der Waals surface area (Å²) in [6.45, 7) is 2.14. The van der Waals surface area contributed by atoms with Crippen molar-refractivity contribution in [2.24, 2.45) is 0 Å². The van der Waals surface area contributed by atoms with Gasteiger partial charge in [-0.1, -0.05) is 17.7 Å². The van der Waals surface area contributed by atoms with Crippen LogP contribution in [0.15, 0.2) is 47.1 Å². The molecule has 0 aliphatic rings. The molecule has 19 heavy (non-hydrogen) atoms. The molecule has 4 nitrogen and oxygen atoms in total. The predicted molar refractivity (Wildman–Crippen MR) is 75.2 cm³/mol. The first-order valence-corrected chi connectivity index (χ1v) is 6.35. The average molecular weight is 279 g/mol. The highest BCUT2D eigenvalue weighted by Gasteiger charge is 2.09. The molecular formula is C14H15ClN2O2. The van der Waals surface area contributed by atoms with Crippen molar-refractivity contribution in [3.8, 4) is 0 Å². The predicted octanol–water partition coefficient (Wildman–Crippen LogP) is 3.22. The van der Waals surface area contributed by atoms with Crippen LogP contribution < -0.4 is 10.6 Å². The zero-order valence-corrected chi connectivity index (χ0v) is 11.3. The number of nitrogens with one attached hydrogen (secondary N) is 2. The van der Waals surface area contributed by atoms with Crippen molar-refractivity contribution in [2.75, 3.05) is 11.9 Å². The number of anilines is 1. The number of benzene rings is 1. The van der Waals surface area contributed by atoms with E-state index in [2.05, 4.69) is 10.6 Å². The van der Waals surface area contributed by atoms with E-state index in [0.717, 1.165) is 5.76 Å². The minimum atomic E-state index is -0.124. The van der Waals surface area contributed by atoms with Crippen molar-refractivity contribution in [3.05, 3.63) is 53.4 Å². The minimum absolute atomic E-state index is 0.0138. The average Bonchev–Trinajstić information content (AvgIpc) is 2.90. The fourth-order valence-electron chi connectivity index (χ4n) is 1.66. The fourth-order valence-corrected chi connectivity index (χ4v) is 1.85. The highest BCUT2D eigenvalue weighted by atomic mass is 35.5. The lowest BCUT2D eigenvalue weighted by molar-refractivity contribution is -0.115. The van der Waals surface area contributed by atoms with Crippen molar-refractivity contribution in [2.45, 2.75) is 13.0 Å². The van der Waals surface area contributed by atoms with Crippen LogP contribution in [0, 0.1) is 0 Å². The van der Waals surface area contributed by atoms with Gasteiger partial charge >= 0.3 is 0 Å². The van der Waals surface area contributed by atoms with Gasteiger partial charge in [-0.25, -0.2) is 0 Å². The molecule has 100 valence electrons. The second kappa shape index (κ2) is 6.41. The van der Waals surface area contributed by atoms with Crippen molar-refractivity contribution >= 4 is 23.2 Å². The van der Waals surface area contributed by atoms with Crippen LogP contribution in [0.2, 0.25) is 5.02 Å². The van der Waals surface area contributed by atoms with Gasteiger partial charge < -0.3 is 9.73 Å². The quantitative estimate of drug-likeness (QED) is 0.883. The Bertz CT molecular complexity index is 540. The highest BCUT2D eigenvalue weighted by Crippen LogP contribution is 2.15. The summed E-state index contributed by atoms with van der Waals surface area (Å²) in [5, 5.41) is 6.44. The maximum absolute atomic E-state index is 11.8. The lowest BCUT2D eigenvalue weighted by atomic mass is 10.2. The number of carbonyl (C=O) groups excluding carboxylic acids is 1. The van der Waals surface area contributed by atoms with Gasteiger partial charge in [0.05, 0.1) is 18.8 Å². The lowest BCUT2D eigenvalue weighted by Crippen LogP contribution is -2.29. The molecule has 0 aliphatic heterocycles. The molecule has 2 rings (SSSR count). The summed E-state index contributed by atoms with van der Waals surface area (Å²) in [6.07, 6.45) is 1.61. The molecule has 1 heterocycles. The summed E-state index contributed by atoms with van der Waals surface area (Å²) in [5.74, 6) is 0.677. The second-order valence-corrected chi connectivity index (χ2v) is 4.61. The first kappa shape index (κ1) is 13.6. The number of carbonyl (C=O) groups is 1. The maximum Gasteiger partial charge on any atom is 0.238 e. The van der Waals surface area contributed by atoms with E-state index < -0.39 is 0 Å². The van der Waals surface area contributed by atoms with E-state index in [4.69, 9.17) is 16.0 Å². The van der Waals surface area contributed by atoms with E-state index in [9.17, 15) is 4.79 Å². The Morgan fingerprint density at radius 2 is 2.21 bits per heavy atom. The van der Waals surface area contributed by atoms with E-state index in [1.807, 2.05) is 19.1 Å². The van der Waals surface area contributed by atoms with Crippen molar-refractivity contribution in [3.63, 3.8) is 0 Å². The Balaban J connectivity index is 1.82. The molecule has 0 radical (unpaired) electrons. The fraction of sp³-hybridized carbons (Fsp3) is 0.214. The molecule has 0 unspecified atom stereocenters. The number of furan rings is 1. The van der Waals surface area contributed by atoms with Gasteiger partial charge in [-0.15, -0.1) is 0 Å². The van der Waals surface area contributed by atoms with Crippen LogP contribution in [-0.4, -0.2) is 12.5 Å². The van der Waals surface area contributed by atoms with Crippen molar-refractivity contribution < 1.29 is 9.21 Å². The first-order valence-electron chi connectivity index (χ1n) is 5.97. The highest BCUT2D eigenvalue weighted by molar-refractivity contribution is 6.30. The second-order valence-electron chi connectivity index (χ2n) is 4.18. The van der Waals surface area contributed by atoms with Crippen LogP contribution in [0.5, 0.6) is 0 Å². The van der Waals surface area contributed by atoms with Crippen molar-refractivity contribution in [1.29, 1.82) is 0 Å². The molecule has 1 amide bonds. The van der Waals surface area contributed by atoms with Crippen LogP contribution in [-0.2, 0) is 4.79 Å². The first-order chi connectivity index (χ1) is 9.15. The zero-order chi connectivity index (χ0) is 13.7. The summed E-state index contributed by atoms with van der Waals surface area (Å²) in [4.78, 5) is 11.8. The van der Waals surface area contributed by atoms with Crippen LogP contribution in [0.1, 0.15) is 18.7 Å². The Hall–Kier alpha value is -1.78. The van der Waals surface area contributed by atoms with E-state index in [-0.39, 0.29) is 18.5 Å². The third-order valence-electron chi connectivity index (χ3n) is 2.65. The topological polar surface area (TPSA) is 54.3 Å². The molecule has 0 spiro atoms. The number of halogens is 1. The molecule has 0 fully saturated rings. The smallest absolute Gasteiger partial charge is 0.238 e. The van der Waals surface area contributed by atoms with Gasteiger partial charge in [0.2, 0.25) is 5.91 Å². The largest absolute Gasteiger partial charge is 0.468 e. The number of hydrogen-bond acceptors (Lipinski definition) is 3. The Kier molecular flexibility index (Phi) is 4.60. The zero-order valence-electron chi connectivity index (χ0n) is 10.5. The molecule has 0 saturated carbocycles. The van der Waals surface area contributed by atoms with E-state index in [0.29, 0.717) is 10.7 Å². The summed E-state index contributed by atoms with van der Waals surface area (Å²) >= 11 is 5.84. The van der Waals surface area contributed by atoms with Gasteiger partial charge in [0.15, 0.2) is 0 Å². The molecular weight excluding hydrogens is 264 g/mol. The lowest BCUT2D eigenvalue weighted by Gasteiger charge is -2.11. The molecule has 0 saturated heterocycles. The van der Waals surface area contributed by atoms with E-state index >= 15 is 0 Å². The monoisotopic (exact) mass is 278 g/mol. The summed E-state index contributed by atoms with van der Waals surface area (Å²) in [5.41, 5.74) is 0.685. The normalized spacial score (nSPS) is 12.1. The summed E-state index contributed by atoms with van der Waals surface area (Å²) in [7, 11) is 0.